The quantitative estimate of drug-likeness (QED) is 0.862. The first-order chi connectivity index (χ1) is 8.14. The van der Waals surface area contributed by atoms with Crippen LogP contribution < -0.4 is 0 Å². The lowest BCUT2D eigenvalue weighted by atomic mass is 10.2. The van der Waals surface area contributed by atoms with E-state index in [0.29, 0.717) is 23.9 Å². The van der Waals surface area contributed by atoms with E-state index in [0.717, 1.165) is 31.4 Å². The summed E-state index contributed by atoms with van der Waals surface area (Å²) in [5.41, 5.74) is 0.736. The fourth-order valence-corrected chi connectivity index (χ4v) is 3.77. The Hall–Kier alpha value is -0.520. The third kappa shape index (κ3) is 2.84. The largest absolute Gasteiger partial charge is 0.363 e. The monoisotopic (exact) mass is 276 g/mol. The minimum Gasteiger partial charge on any atom is -0.363 e. The first-order valence-corrected chi connectivity index (χ1v) is 7.85. The van der Waals surface area contributed by atoms with Gasteiger partial charge in [-0.1, -0.05) is 12.8 Å². The lowest BCUT2D eigenvalue weighted by Crippen LogP contribution is -2.31. The molecule has 1 aromatic heterocycles. The van der Waals surface area contributed by atoms with Crippen LogP contribution in [0.2, 0.25) is 0 Å². The van der Waals surface area contributed by atoms with Gasteiger partial charge in [0.25, 0.3) is 0 Å². The smallest absolute Gasteiger partial charge is 0.244 e. The van der Waals surface area contributed by atoms with E-state index in [4.69, 9.17) is 11.6 Å². The standard InChI is InChI=1S/C11H17ClN2O2S/c12-8-10-7-11(9-13-10)17(15,16)14-5-3-1-2-4-6-14/h7,9,13H,1-6,8H2. The second kappa shape index (κ2) is 5.42. The van der Waals surface area contributed by atoms with Crippen molar-refractivity contribution in [1.29, 1.82) is 0 Å². The molecule has 0 aromatic carbocycles. The average molecular weight is 277 g/mol. The first-order valence-electron chi connectivity index (χ1n) is 5.88. The molecule has 96 valence electrons. The predicted octanol–water partition coefficient (Wildman–Crippen LogP) is 2.32. The molecule has 1 aromatic rings. The number of nitrogens with zero attached hydrogens (tertiary/aromatic N) is 1. The third-order valence-electron chi connectivity index (χ3n) is 3.06. The zero-order chi connectivity index (χ0) is 12.3. The van der Waals surface area contributed by atoms with Gasteiger partial charge in [0, 0.05) is 25.0 Å². The van der Waals surface area contributed by atoms with Crippen molar-refractivity contribution in [1.82, 2.24) is 9.29 Å². The van der Waals surface area contributed by atoms with Gasteiger partial charge in [-0.05, 0) is 18.9 Å². The lowest BCUT2D eigenvalue weighted by Gasteiger charge is -2.18. The minimum atomic E-state index is -3.33. The summed E-state index contributed by atoms with van der Waals surface area (Å²) >= 11 is 5.66. The predicted molar refractivity (Wildman–Crippen MR) is 67.6 cm³/mol. The zero-order valence-electron chi connectivity index (χ0n) is 9.65. The van der Waals surface area contributed by atoms with E-state index in [-0.39, 0.29) is 0 Å². The number of aromatic nitrogens is 1. The lowest BCUT2D eigenvalue weighted by molar-refractivity contribution is 0.424. The zero-order valence-corrected chi connectivity index (χ0v) is 11.2. The fraction of sp³-hybridized carbons (Fsp3) is 0.636. The summed E-state index contributed by atoms with van der Waals surface area (Å²) in [6.45, 7) is 1.26. The Labute approximate surface area is 107 Å². The van der Waals surface area contributed by atoms with Gasteiger partial charge in [-0.15, -0.1) is 11.6 Å². The van der Waals surface area contributed by atoms with Crippen LogP contribution in [0, 0.1) is 0 Å². The number of alkyl halides is 1. The summed E-state index contributed by atoms with van der Waals surface area (Å²) in [6, 6.07) is 1.62. The Morgan fingerprint density at radius 3 is 2.41 bits per heavy atom. The Morgan fingerprint density at radius 2 is 1.88 bits per heavy atom. The molecular weight excluding hydrogens is 260 g/mol. The Bertz CT molecular complexity index is 462. The highest BCUT2D eigenvalue weighted by Gasteiger charge is 2.25. The molecule has 1 aliphatic rings. The maximum atomic E-state index is 12.3. The van der Waals surface area contributed by atoms with Gasteiger partial charge >= 0.3 is 0 Å². The molecule has 1 N–H and O–H groups in total. The molecule has 0 unspecified atom stereocenters. The number of aromatic amines is 1. The molecule has 2 heterocycles. The van der Waals surface area contributed by atoms with Gasteiger partial charge in [0.05, 0.1) is 10.8 Å². The second-order valence-corrected chi connectivity index (χ2v) is 6.52. The molecule has 1 aliphatic heterocycles. The Morgan fingerprint density at radius 1 is 1.24 bits per heavy atom. The molecule has 6 heteroatoms. The number of sulfonamides is 1. The van der Waals surface area contributed by atoms with Crippen molar-refractivity contribution in [3.8, 4) is 0 Å². The van der Waals surface area contributed by atoms with Crippen molar-refractivity contribution < 1.29 is 8.42 Å². The van der Waals surface area contributed by atoms with Gasteiger partial charge in [-0.2, -0.15) is 4.31 Å². The van der Waals surface area contributed by atoms with Crippen LogP contribution in [0.25, 0.3) is 0 Å². The maximum absolute atomic E-state index is 12.3. The summed E-state index contributed by atoms with van der Waals surface area (Å²) < 4.78 is 26.2. The third-order valence-corrected chi connectivity index (χ3v) is 5.23. The molecule has 1 saturated heterocycles. The molecule has 0 bridgehead atoms. The molecular formula is C11H17ClN2O2S. The summed E-state index contributed by atoms with van der Waals surface area (Å²) in [6.07, 6.45) is 5.66. The first kappa shape index (κ1) is 12.9. The van der Waals surface area contributed by atoms with E-state index < -0.39 is 10.0 Å². The van der Waals surface area contributed by atoms with Crippen LogP contribution in [-0.4, -0.2) is 30.8 Å². The minimum absolute atomic E-state index is 0.301. The number of halogens is 1. The van der Waals surface area contributed by atoms with E-state index in [9.17, 15) is 8.42 Å². The number of H-pyrrole nitrogens is 1. The second-order valence-electron chi connectivity index (χ2n) is 4.31. The van der Waals surface area contributed by atoms with Crippen molar-refractivity contribution in [2.75, 3.05) is 13.1 Å². The van der Waals surface area contributed by atoms with Crippen LogP contribution in [0.1, 0.15) is 31.4 Å². The van der Waals surface area contributed by atoms with Crippen molar-refractivity contribution in [2.24, 2.45) is 0 Å². The van der Waals surface area contributed by atoms with Gasteiger partial charge < -0.3 is 4.98 Å². The summed E-state index contributed by atoms with van der Waals surface area (Å²) in [4.78, 5) is 3.21. The topological polar surface area (TPSA) is 53.2 Å². The molecule has 0 spiro atoms. The van der Waals surface area contributed by atoms with Crippen LogP contribution in [0.15, 0.2) is 17.2 Å². The number of hydrogen-bond acceptors (Lipinski definition) is 2. The number of rotatable bonds is 3. The van der Waals surface area contributed by atoms with E-state index >= 15 is 0 Å². The van der Waals surface area contributed by atoms with Crippen LogP contribution >= 0.6 is 11.6 Å². The Kier molecular flexibility index (Phi) is 4.12. The molecule has 17 heavy (non-hydrogen) atoms. The van der Waals surface area contributed by atoms with Gasteiger partial charge in [0.15, 0.2) is 0 Å². The molecule has 0 aliphatic carbocycles. The summed E-state index contributed by atoms with van der Waals surface area (Å²) in [5.74, 6) is 0.301. The summed E-state index contributed by atoms with van der Waals surface area (Å²) in [7, 11) is -3.33. The van der Waals surface area contributed by atoms with Crippen LogP contribution in [0.4, 0.5) is 0 Å². The van der Waals surface area contributed by atoms with Crippen LogP contribution in [-0.2, 0) is 15.9 Å². The van der Waals surface area contributed by atoms with E-state index in [1.807, 2.05) is 0 Å². The average Bonchev–Trinajstić information content (AvgIpc) is 2.64. The Balaban J connectivity index is 2.22. The van der Waals surface area contributed by atoms with Crippen molar-refractivity contribution in [3.05, 3.63) is 18.0 Å². The van der Waals surface area contributed by atoms with Crippen molar-refractivity contribution >= 4 is 21.6 Å². The SMILES string of the molecule is O=S(=O)(c1c[nH]c(CCl)c1)N1CCCCCC1. The van der Waals surface area contributed by atoms with Gasteiger partial charge in [0.2, 0.25) is 10.0 Å². The highest BCUT2D eigenvalue weighted by molar-refractivity contribution is 7.89. The molecule has 0 atom stereocenters. The normalized spacial score (nSPS) is 19.1. The van der Waals surface area contributed by atoms with Crippen molar-refractivity contribution in [3.63, 3.8) is 0 Å². The van der Waals surface area contributed by atoms with E-state index in [1.54, 1.807) is 10.4 Å². The van der Waals surface area contributed by atoms with Crippen molar-refractivity contribution in [2.45, 2.75) is 36.5 Å². The van der Waals surface area contributed by atoms with Gasteiger partial charge in [0.1, 0.15) is 0 Å². The van der Waals surface area contributed by atoms with E-state index in [1.165, 1.54) is 6.20 Å². The summed E-state index contributed by atoms with van der Waals surface area (Å²) in [5, 5.41) is 0. The van der Waals surface area contributed by atoms with Crippen LogP contribution in [0.5, 0.6) is 0 Å². The molecule has 4 nitrogen and oxygen atoms in total. The fourth-order valence-electron chi connectivity index (χ4n) is 2.08. The number of hydrogen-bond donors (Lipinski definition) is 1. The number of nitrogens with one attached hydrogen (secondary N) is 1. The molecule has 0 saturated carbocycles. The molecule has 0 radical (unpaired) electrons. The highest BCUT2D eigenvalue weighted by atomic mass is 35.5. The van der Waals surface area contributed by atoms with Gasteiger partial charge in [-0.3, -0.25) is 0 Å². The van der Waals surface area contributed by atoms with E-state index in [2.05, 4.69) is 4.98 Å². The molecule has 2 rings (SSSR count). The molecule has 1 fully saturated rings. The van der Waals surface area contributed by atoms with Gasteiger partial charge in [-0.25, -0.2) is 8.42 Å². The highest BCUT2D eigenvalue weighted by Crippen LogP contribution is 2.21. The molecule has 0 amide bonds. The van der Waals surface area contributed by atoms with Crippen LogP contribution in [0.3, 0.4) is 0 Å². The maximum Gasteiger partial charge on any atom is 0.244 e.